The first-order chi connectivity index (χ1) is 14.0. The van der Waals surface area contributed by atoms with E-state index in [1.54, 1.807) is 0 Å². The van der Waals surface area contributed by atoms with Gasteiger partial charge >= 0.3 is 0 Å². The fourth-order valence-electron chi connectivity index (χ4n) is 9.33. The molecule has 12 heteroatoms. The second-order valence-corrected chi connectivity index (χ2v) is 17.0. The average Bonchev–Trinajstić information content (AvgIpc) is 3.23. The van der Waals surface area contributed by atoms with E-state index in [9.17, 15) is 16.8 Å². The normalized spacial score (nSPS) is 59.5. The molecule has 4 aliphatic heterocycles. The Labute approximate surface area is 192 Å². The maximum atomic E-state index is 12.8. The van der Waals surface area contributed by atoms with Gasteiger partial charge in [0.05, 0.1) is 23.7 Å². The monoisotopic (exact) mass is 512 g/mol. The van der Waals surface area contributed by atoms with Crippen molar-refractivity contribution in [3.8, 4) is 0 Å². The van der Waals surface area contributed by atoms with Crippen LogP contribution in [-0.4, -0.2) is 59.5 Å². The first kappa shape index (κ1) is 20.7. The van der Waals surface area contributed by atoms with E-state index in [-0.39, 0.29) is 40.6 Å². The third kappa shape index (κ3) is 1.68. The Morgan fingerprint density at radius 2 is 1.52 bits per heavy atom. The van der Waals surface area contributed by atoms with E-state index in [4.69, 9.17) is 32.9 Å². The number of alkyl halides is 2. The molecule has 3 spiro atoms. The van der Waals surface area contributed by atoms with Gasteiger partial charge in [0, 0.05) is 11.3 Å². The summed E-state index contributed by atoms with van der Waals surface area (Å²) in [4.78, 5) is 11.5. The molecule has 4 bridgehead atoms. The Morgan fingerprint density at radius 1 is 0.871 bits per heavy atom. The third-order valence-electron chi connectivity index (χ3n) is 10.8. The number of fused-ring (bicyclic) bond motifs is 2. The number of halogens is 2. The van der Waals surface area contributed by atoms with E-state index in [0.717, 1.165) is 4.47 Å². The van der Waals surface area contributed by atoms with Gasteiger partial charge in [0.2, 0.25) is 25.8 Å². The van der Waals surface area contributed by atoms with E-state index < -0.39 is 46.5 Å². The molecule has 0 aromatic rings. The van der Waals surface area contributed by atoms with Gasteiger partial charge in [0.15, 0.2) is 4.33 Å². The summed E-state index contributed by atoms with van der Waals surface area (Å²) in [6.07, 6.45) is 1.34. The predicted octanol–water partition coefficient (Wildman–Crippen LogP) is 2.10. The van der Waals surface area contributed by atoms with E-state index in [1.807, 2.05) is 0 Å². The number of hydrogen-bond donors (Lipinski definition) is 0. The van der Waals surface area contributed by atoms with Crippen LogP contribution in [0.25, 0.3) is 0 Å². The van der Waals surface area contributed by atoms with Crippen molar-refractivity contribution in [1.29, 1.82) is 0 Å². The maximum absolute atomic E-state index is 12.8. The fourth-order valence-corrected chi connectivity index (χ4v) is 15.5. The van der Waals surface area contributed by atoms with Crippen molar-refractivity contribution in [2.75, 3.05) is 18.1 Å². The van der Waals surface area contributed by atoms with Crippen molar-refractivity contribution in [3.05, 3.63) is 0 Å². The molecule has 7 aliphatic rings. The summed E-state index contributed by atoms with van der Waals surface area (Å²) >= 11 is 14.1. The highest BCUT2D eigenvalue weighted by Crippen LogP contribution is 2.88. The lowest BCUT2D eigenvalue weighted by Gasteiger charge is -2.58. The van der Waals surface area contributed by atoms with Crippen molar-refractivity contribution in [2.45, 2.75) is 56.1 Å². The highest BCUT2D eigenvalue weighted by atomic mass is 35.5. The van der Waals surface area contributed by atoms with Crippen LogP contribution in [0.5, 0.6) is 0 Å². The van der Waals surface area contributed by atoms with Crippen LogP contribution in [0, 0.1) is 39.9 Å². The quantitative estimate of drug-likeness (QED) is 0.394. The Kier molecular flexibility index (Phi) is 3.23. The van der Waals surface area contributed by atoms with Crippen molar-refractivity contribution >= 4 is 43.2 Å². The van der Waals surface area contributed by atoms with Crippen molar-refractivity contribution < 1.29 is 26.5 Å². The molecule has 3 saturated carbocycles. The third-order valence-corrected chi connectivity index (χ3v) is 15.3. The van der Waals surface area contributed by atoms with Crippen molar-refractivity contribution in [1.82, 2.24) is 8.94 Å². The lowest BCUT2D eigenvalue weighted by molar-refractivity contribution is -0.243. The molecule has 31 heavy (non-hydrogen) atoms. The molecular formula is C19H26Cl2N2O6S2. The van der Waals surface area contributed by atoms with Gasteiger partial charge < -0.3 is 0 Å². The maximum Gasteiger partial charge on any atom is 0.239 e. The fraction of sp³-hybridized carbons (Fsp3) is 1.00. The second-order valence-electron chi connectivity index (χ2n) is 12.0. The molecular weight excluding hydrogens is 487 g/mol. The summed E-state index contributed by atoms with van der Waals surface area (Å²) in [6.45, 7) is 8.77. The molecule has 8 atom stereocenters. The first-order valence-corrected chi connectivity index (χ1v) is 14.8. The minimum absolute atomic E-state index is 0.00980. The van der Waals surface area contributed by atoms with Crippen LogP contribution in [0.1, 0.15) is 40.5 Å². The highest BCUT2D eigenvalue weighted by molar-refractivity contribution is 7.90. The molecule has 4 heterocycles. The van der Waals surface area contributed by atoms with Gasteiger partial charge in [0.1, 0.15) is 0 Å². The van der Waals surface area contributed by atoms with Crippen LogP contribution < -0.4 is 0 Å². The number of hydrogen-bond acceptors (Lipinski definition) is 6. The standard InChI is InChI=1S/C19H26Cl2N2O6S2/c1-14(2)12-7-28-22-17(14,9-31(22,26)27)6-10(12)11-5-16-8-30(24,25)23-19(16,29-23)18(20,21)13(11)15(16,3)4/h10-13H,5-9H2,1-4H3/t10?,11?,12?,13?,16-,17+,19?,23?/m0/s1. The number of nitrogens with zero attached hydrogens (tertiary/aromatic N) is 2. The Balaban J connectivity index is 1.35. The molecule has 4 saturated heterocycles. The van der Waals surface area contributed by atoms with Crippen LogP contribution in [0.15, 0.2) is 0 Å². The Hall–Kier alpha value is 0.320. The topological polar surface area (TPSA) is 96.3 Å². The molecule has 0 radical (unpaired) electrons. The van der Waals surface area contributed by atoms with Crippen molar-refractivity contribution in [2.24, 2.45) is 39.9 Å². The largest absolute Gasteiger partial charge is 0.283 e. The first-order valence-electron chi connectivity index (χ1n) is 10.8. The number of sulfonamides is 2. The molecule has 0 aromatic carbocycles. The molecule has 7 fully saturated rings. The summed E-state index contributed by atoms with van der Waals surface area (Å²) in [5, 5.41) is 0. The van der Waals surface area contributed by atoms with E-state index in [2.05, 4.69) is 27.7 Å². The van der Waals surface area contributed by atoms with E-state index in [1.165, 1.54) is 4.47 Å². The molecule has 0 N–H and O–H groups in total. The van der Waals surface area contributed by atoms with Gasteiger partial charge in [0.25, 0.3) is 0 Å². The van der Waals surface area contributed by atoms with Crippen molar-refractivity contribution in [3.63, 3.8) is 0 Å². The zero-order valence-corrected chi connectivity index (χ0v) is 20.9. The molecule has 0 amide bonds. The van der Waals surface area contributed by atoms with Gasteiger partial charge in [-0.25, -0.2) is 16.8 Å². The minimum atomic E-state index is -3.59. The minimum Gasteiger partial charge on any atom is -0.283 e. The Morgan fingerprint density at radius 3 is 2.13 bits per heavy atom. The highest BCUT2D eigenvalue weighted by Gasteiger charge is 2.99. The van der Waals surface area contributed by atoms with Crippen LogP contribution >= 0.6 is 23.2 Å². The zero-order valence-electron chi connectivity index (χ0n) is 17.8. The van der Waals surface area contributed by atoms with Gasteiger partial charge in [-0.15, -0.1) is 0 Å². The predicted molar refractivity (Wildman–Crippen MR) is 111 cm³/mol. The molecule has 174 valence electrons. The lowest BCUT2D eigenvalue weighted by atomic mass is 9.66. The second kappa shape index (κ2) is 4.85. The molecule has 3 aliphatic carbocycles. The zero-order chi connectivity index (χ0) is 22.4. The summed E-state index contributed by atoms with van der Waals surface area (Å²) in [5.41, 5.74) is -3.14. The van der Waals surface area contributed by atoms with Gasteiger partial charge in [-0.3, -0.25) is 9.68 Å². The molecule has 7 rings (SSSR count). The Bertz CT molecular complexity index is 1160. The van der Waals surface area contributed by atoms with Gasteiger partial charge in [-0.05, 0) is 45.9 Å². The summed E-state index contributed by atoms with van der Waals surface area (Å²) in [7, 11) is -6.97. The van der Waals surface area contributed by atoms with Crippen LogP contribution in [0.3, 0.4) is 0 Å². The smallest absolute Gasteiger partial charge is 0.239 e. The molecule has 6 unspecified atom stereocenters. The number of hydroxylamine groups is 2. The van der Waals surface area contributed by atoms with Gasteiger partial charge in [-0.1, -0.05) is 55.4 Å². The SMILES string of the molecule is CC1(C)C2CON3[C@]1(CC2C1C[C@@]24CS(=O)(=O)N5OC52C(Cl)(Cl)C1C4(C)C)CS3(=O)=O. The lowest BCUT2D eigenvalue weighted by Crippen LogP contribution is -2.74. The molecule has 0 aromatic heterocycles. The van der Waals surface area contributed by atoms with Crippen LogP contribution in [-0.2, 0) is 29.7 Å². The summed E-state index contributed by atoms with van der Waals surface area (Å²) < 4.78 is 51.5. The van der Waals surface area contributed by atoms with Gasteiger partial charge in [-0.2, -0.15) is 0 Å². The molecule has 8 nitrogen and oxygen atoms in total. The van der Waals surface area contributed by atoms with E-state index in [0.29, 0.717) is 19.4 Å². The van der Waals surface area contributed by atoms with Crippen LogP contribution in [0.2, 0.25) is 0 Å². The van der Waals surface area contributed by atoms with E-state index >= 15 is 0 Å². The number of rotatable bonds is 1. The summed E-state index contributed by atoms with van der Waals surface area (Å²) in [5.74, 6) is 0.253. The van der Waals surface area contributed by atoms with Crippen LogP contribution in [0.4, 0.5) is 0 Å². The average molecular weight is 513 g/mol. The summed E-state index contributed by atoms with van der Waals surface area (Å²) in [6, 6.07) is 0.